The zero-order valence-corrected chi connectivity index (χ0v) is 13.2. The number of nitrogens with zero attached hydrogens (tertiary/aromatic N) is 4. The summed E-state index contributed by atoms with van der Waals surface area (Å²) in [6.45, 7) is 7.30. The fourth-order valence-electron chi connectivity index (χ4n) is 1.90. The molecule has 22 heavy (non-hydrogen) atoms. The maximum absolute atomic E-state index is 11.9. The van der Waals surface area contributed by atoms with Crippen LogP contribution in [0.1, 0.15) is 31.1 Å². The average molecular weight is 304 g/mol. The van der Waals surface area contributed by atoms with Gasteiger partial charge >= 0.3 is 0 Å². The van der Waals surface area contributed by atoms with Gasteiger partial charge in [-0.05, 0) is 33.8 Å². The first-order chi connectivity index (χ1) is 10.2. The highest BCUT2D eigenvalue weighted by Crippen LogP contribution is 2.12. The molecule has 0 spiro atoms. The fraction of sp³-hybridized carbons (Fsp3) is 0.500. The van der Waals surface area contributed by atoms with E-state index in [0.717, 1.165) is 11.4 Å². The lowest BCUT2D eigenvalue weighted by molar-refractivity contribution is -0.126. The molecule has 118 valence electrons. The van der Waals surface area contributed by atoms with Crippen LogP contribution in [-0.2, 0) is 16.0 Å². The molecule has 0 saturated heterocycles. The number of carbonyl (C=O) groups excluding carboxylic acids is 2. The third-order valence-corrected chi connectivity index (χ3v) is 3.38. The van der Waals surface area contributed by atoms with Crippen LogP contribution in [0.2, 0.25) is 0 Å². The Morgan fingerprint density at radius 2 is 2.00 bits per heavy atom. The second-order valence-electron chi connectivity index (χ2n) is 5.98. The number of hydrogen-bond acceptors (Lipinski definition) is 5. The van der Waals surface area contributed by atoms with E-state index >= 15 is 0 Å². The normalized spacial score (nSPS) is 11.6. The third kappa shape index (κ3) is 3.38. The van der Waals surface area contributed by atoms with Gasteiger partial charge in [-0.15, -0.1) is 5.10 Å². The Morgan fingerprint density at radius 3 is 2.64 bits per heavy atom. The minimum atomic E-state index is -0.794. The quantitative estimate of drug-likeness (QED) is 0.801. The van der Waals surface area contributed by atoms with E-state index in [1.165, 1.54) is 0 Å². The topological polar surface area (TPSA) is 115 Å². The number of hydrogen-bond donors (Lipinski definition) is 2. The van der Waals surface area contributed by atoms with Gasteiger partial charge in [-0.1, -0.05) is 0 Å². The van der Waals surface area contributed by atoms with Crippen LogP contribution >= 0.6 is 0 Å². The molecule has 0 aliphatic carbocycles. The molecule has 0 atom stereocenters. The summed E-state index contributed by atoms with van der Waals surface area (Å²) in [6, 6.07) is 1.89. The van der Waals surface area contributed by atoms with Gasteiger partial charge in [0.05, 0.1) is 11.8 Å². The van der Waals surface area contributed by atoms with Crippen LogP contribution < -0.4 is 11.1 Å². The summed E-state index contributed by atoms with van der Waals surface area (Å²) < 4.78 is 1.60. The van der Waals surface area contributed by atoms with Crippen molar-refractivity contribution in [3.05, 3.63) is 23.3 Å². The second kappa shape index (κ2) is 5.70. The second-order valence-corrected chi connectivity index (χ2v) is 5.98. The zero-order chi connectivity index (χ0) is 16.5. The number of aryl methyl sites for hydroxylation is 2. The number of amides is 2. The molecular formula is C14H20N6O2. The lowest BCUT2D eigenvalue weighted by Crippen LogP contribution is -2.42. The molecule has 2 aromatic rings. The molecule has 0 saturated carbocycles. The van der Waals surface area contributed by atoms with Crippen molar-refractivity contribution >= 4 is 17.6 Å². The molecule has 0 aliphatic heterocycles. The van der Waals surface area contributed by atoms with Gasteiger partial charge < -0.3 is 11.1 Å². The van der Waals surface area contributed by atoms with E-state index in [1.807, 2.05) is 19.9 Å². The Kier molecular flexibility index (Phi) is 4.11. The first-order valence-electron chi connectivity index (χ1n) is 6.95. The molecule has 0 bridgehead atoms. The van der Waals surface area contributed by atoms with Crippen molar-refractivity contribution in [3.63, 3.8) is 0 Å². The summed E-state index contributed by atoms with van der Waals surface area (Å²) in [5.74, 6) is 0.127. The maximum atomic E-state index is 11.9. The van der Waals surface area contributed by atoms with Crippen molar-refractivity contribution in [3.8, 4) is 0 Å². The molecule has 2 aromatic heterocycles. The number of aromatic nitrogens is 4. The Morgan fingerprint density at radius 1 is 1.32 bits per heavy atom. The Hall–Kier alpha value is -2.51. The van der Waals surface area contributed by atoms with E-state index in [-0.39, 0.29) is 18.9 Å². The molecule has 0 aromatic carbocycles. The van der Waals surface area contributed by atoms with Crippen LogP contribution in [0.15, 0.2) is 6.07 Å². The predicted molar refractivity (Wildman–Crippen MR) is 79.9 cm³/mol. The summed E-state index contributed by atoms with van der Waals surface area (Å²) in [7, 11) is 0. The van der Waals surface area contributed by atoms with Gasteiger partial charge in [-0.3, -0.25) is 9.59 Å². The summed E-state index contributed by atoms with van der Waals surface area (Å²) >= 11 is 0. The number of rotatable bonds is 5. The van der Waals surface area contributed by atoms with Crippen molar-refractivity contribution in [1.82, 2.24) is 24.9 Å². The van der Waals surface area contributed by atoms with Crippen LogP contribution in [-0.4, -0.2) is 37.9 Å². The first-order valence-corrected chi connectivity index (χ1v) is 6.95. The molecule has 2 amide bonds. The standard InChI is InChI=1S/C14H20N6O2/c1-8-5-9(2)20-13(17-8)18-10(19-20)6-11(21)16-7-14(3,4)12(15)22/h5H,6-7H2,1-4H3,(H2,15,22)(H,16,21). The highest BCUT2D eigenvalue weighted by Gasteiger charge is 2.25. The SMILES string of the molecule is Cc1cc(C)n2nc(CC(=O)NCC(C)(C)C(N)=O)nc2n1. The van der Waals surface area contributed by atoms with E-state index in [2.05, 4.69) is 20.4 Å². The molecule has 2 rings (SSSR count). The van der Waals surface area contributed by atoms with Crippen LogP contribution in [0.25, 0.3) is 5.78 Å². The van der Waals surface area contributed by atoms with Gasteiger partial charge in [0.25, 0.3) is 5.78 Å². The lowest BCUT2D eigenvalue weighted by Gasteiger charge is -2.20. The fourth-order valence-corrected chi connectivity index (χ4v) is 1.90. The maximum Gasteiger partial charge on any atom is 0.252 e. The summed E-state index contributed by atoms with van der Waals surface area (Å²) in [6.07, 6.45) is 0.0245. The number of carbonyl (C=O) groups is 2. The zero-order valence-electron chi connectivity index (χ0n) is 13.2. The van der Waals surface area contributed by atoms with Gasteiger partial charge in [-0.2, -0.15) is 4.98 Å². The number of nitrogens with two attached hydrogens (primary N) is 1. The summed E-state index contributed by atoms with van der Waals surface area (Å²) in [5.41, 5.74) is 6.21. The molecule has 8 heteroatoms. The van der Waals surface area contributed by atoms with Gasteiger partial charge in [0.15, 0.2) is 5.82 Å². The minimum absolute atomic E-state index is 0.0245. The molecule has 3 N–H and O–H groups in total. The molecular weight excluding hydrogens is 284 g/mol. The van der Waals surface area contributed by atoms with E-state index in [9.17, 15) is 9.59 Å². The average Bonchev–Trinajstić information content (AvgIpc) is 2.79. The van der Waals surface area contributed by atoms with Crippen LogP contribution in [0.5, 0.6) is 0 Å². The van der Waals surface area contributed by atoms with Gasteiger partial charge in [-0.25, -0.2) is 9.50 Å². The smallest absolute Gasteiger partial charge is 0.252 e. The van der Waals surface area contributed by atoms with E-state index in [0.29, 0.717) is 11.6 Å². The molecule has 0 radical (unpaired) electrons. The van der Waals surface area contributed by atoms with Crippen molar-refractivity contribution in [2.24, 2.45) is 11.1 Å². The Bertz CT molecular complexity index is 734. The largest absolute Gasteiger partial charge is 0.369 e. The van der Waals surface area contributed by atoms with Crippen molar-refractivity contribution in [1.29, 1.82) is 0 Å². The van der Waals surface area contributed by atoms with Crippen LogP contribution in [0, 0.1) is 19.3 Å². The molecule has 0 unspecified atom stereocenters. The van der Waals surface area contributed by atoms with Crippen molar-refractivity contribution in [2.75, 3.05) is 6.54 Å². The first kappa shape index (κ1) is 15.9. The van der Waals surface area contributed by atoms with Gasteiger partial charge in [0.1, 0.15) is 0 Å². The lowest BCUT2D eigenvalue weighted by atomic mass is 9.93. The van der Waals surface area contributed by atoms with E-state index in [4.69, 9.17) is 5.73 Å². The third-order valence-electron chi connectivity index (χ3n) is 3.38. The van der Waals surface area contributed by atoms with E-state index < -0.39 is 11.3 Å². The van der Waals surface area contributed by atoms with Crippen molar-refractivity contribution < 1.29 is 9.59 Å². The summed E-state index contributed by atoms with van der Waals surface area (Å²) in [4.78, 5) is 31.7. The van der Waals surface area contributed by atoms with Crippen LogP contribution in [0.3, 0.4) is 0 Å². The number of nitrogens with one attached hydrogen (secondary N) is 1. The molecule has 0 aliphatic rings. The van der Waals surface area contributed by atoms with Crippen molar-refractivity contribution in [2.45, 2.75) is 34.1 Å². The number of fused-ring (bicyclic) bond motifs is 1. The molecule has 2 heterocycles. The predicted octanol–water partition coefficient (Wildman–Crippen LogP) is -0.0887. The highest BCUT2D eigenvalue weighted by atomic mass is 16.2. The molecule has 8 nitrogen and oxygen atoms in total. The number of primary amides is 1. The van der Waals surface area contributed by atoms with Crippen LogP contribution in [0.4, 0.5) is 0 Å². The Labute approximate surface area is 128 Å². The van der Waals surface area contributed by atoms with Gasteiger partial charge in [0, 0.05) is 17.9 Å². The molecule has 0 fully saturated rings. The summed E-state index contributed by atoms with van der Waals surface area (Å²) in [5, 5.41) is 6.94. The minimum Gasteiger partial charge on any atom is -0.369 e. The van der Waals surface area contributed by atoms with E-state index in [1.54, 1.807) is 18.4 Å². The van der Waals surface area contributed by atoms with Gasteiger partial charge in [0.2, 0.25) is 11.8 Å². The monoisotopic (exact) mass is 304 g/mol. The Balaban J connectivity index is 2.06. The highest BCUT2D eigenvalue weighted by molar-refractivity contribution is 5.82.